The summed E-state index contributed by atoms with van der Waals surface area (Å²) in [6.07, 6.45) is 0.275. The molecule has 5 heteroatoms. The molecular weight excluding hydrogens is 222 g/mol. The molecule has 0 saturated heterocycles. The van der Waals surface area contributed by atoms with E-state index in [2.05, 4.69) is 4.74 Å². The highest BCUT2D eigenvalue weighted by Crippen LogP contribution is 2.27. The Morgan fingerprint density at radius 3 is 2.59 bits per heavy atom. The van der Waals surface area contributed by atoms with Gasteiger partial charge in [-0.1, -0.05) is 6.07 Å². The summed E-state index contributed by atoms with van der Waals surface area (Å²) in [6, 6.07) is 4.89. The van der Waals surface area contributed by atoms with Crippen molar-refractivity contribution in [2.45, 2.75) is 18.9 Å². The Kier molecular flexibility index (Phi) is 3.96. The van der Waals surface area contributed by atoms with E-state index in [4.69, 9.17) is 10.5 Å². The lowest BCUT2D eigenvalue weighted by atomic mass is 9.94. The number of rotatable bonds is 4. The zero-order valence-corrected chi connectivity index (χ0v) is 10.2. The fourth-order valence-corrected chi connectivity index (χ4v) is 1.57. The third-order valence-electron chi connectivity index (χ3n) is 2.47. The average molecular weight is 239 g/mol. The van der Waals surface area contributed by atoms with Gasteiger partial charge in [0.05, 0.1) is 14.2 Å². The molecule has 0 amide bonds. The van der Waals surface area contributed by atoms with Crippen LogP contribution < -0.4 is 10.5 Å². The van der Waals surface area contributed by atoms with Gasteiger partial charge in [-0.2, -0.15) is 0 Å². The number of hydrogen-bond acceptors (Lipinski definition) is 5. The molecule has 1 aromatic rings. The third kappa shape index (κ3) is 3.10. The second kappa shape index (κ2) is 5.05. The molecule has 0 radical (unpaired) electrons. The standard InChI is InChI=1S/C12H17NO4/c1-12(13,11(15)17-3)7-8-4-5-10(16-2)9(14)6-8/h4-6,14H,7,13H2,1-3H3. The maximum Gasteiger partial charge on any atom is 0.325 e. The maximum atomic E-state index is 11.4. The first-order valence-corrected chi connectivity index (χ1v) is 5.14. The van der Waals surface area contributed by atoms with E-state index < -0.39 is 11.5 Å². The van der Waals surface area contributed by atoms with Crippen LogP contribution in [0.5, 0.6) is 11.5 Å². The number of ether oxygens (including phenoxy) is 2. The molecule has 0 spiro atoms. The summed E-state index contributed by atoms with van der Waals surface area (Å²) in [6.45, 7) is 1.58. The van der Waals surface area contributed by atoms with Gasteiger partial charge in [0.2, 0.25) is 0 Å². The molecule has 0 aliphatic carbocycles. The van der Waals surface area contributed by atoms with Crippen LogP contribution in [-0.2, 0) is 16.0 Å². The molecule has 0 aromatic heterocycles. The van der Waals surface area contributed by atoms with Crippen molar-refractivity contribution in [2.24, 2.45) is 5.73 Å². The second-order valence-corrected chi connectivity index (χ2v) is 4.09. The smallest absolute Gasteiger partial charge is 0.325 e. The van der Waals surface area contributed by atoms with E-state index in [9.17, 15) is 9.90 Å². The van der Waals surface area contributed by atoms with Crippen molar-refractivity contribution in [1.82, 2.24) is 0 Å². The first-order valence-electron chi connectivity index (χ1n) is 5.14. The molecule has 1 rings (SSSR count). The number of carbonyl (C=O) groups is 1. The van der Waals surface area contributed by atoms with Crippen molar-refractivity contribution in [3.05, 3.63) is 23.8 Å². The Morgan fingerprint density at radius 2 is 2.12 bits per heavy atom. The van der Waals surface area contributed by atoms with E-state index in [1.54, 1.807) is 19.1 Å². The van der Waals surface area contributed by atoms with Gasteiger partial charge < -0.3 is 20.3 Å². The van der Waals surface area contributed by atoms with Crippen LogP contribution in [0.15, 0.2) is 18.2 Å². The highest BCUT2D eigenvalue weighted by atomic mass is 16.5. The number of aromatic hydroxyl groups is 1. The number of benzene rings is 1. The summed E-state index contributed by atoms with van der Waals surface area (Å²) in [4.78, 5) is 11.4. The quantitative estimate of drug-likeness (QED) is 0.761. The largest absolute Gasteiger partial charge is 0.504 e. The highest BCUT2D eigenvalue weighted by Gasteiger charge is 2.29. The van der Waals surface area contributed by atoms with Gasteiger partial charge in [-0.3, -0.25) is 4.79 Å². The predicted octanol–water partition coefficient (Wildman–Crippen LogP) is 0.834. The third-order valence-corrected chi connectivity index (χ3v) is 2.47. The zero-order valence-electron chi connectivity index (χ0n) is 10.2. The molecule has 1 atom stereocenters. The normalized spacial score (nSPS) is 13.9. The molecule has 0 fully saturated rings. The number of methoxy groups -OCH3 is 2. The number of hydrogen-bond donors (Lipinski definition) is 2. The summed E-state index contributed by atoms with van der Waals surface area (Å²) in [7, 11) is 2.76. The van der Waals surface area contributed by atoms with Crippen LogP contribution >= 0.6 is 0 Å². The molecule has 1 aromatic carbocycles. The fraction of sp³-hybridized carbons (Fsp3) is 0.417. The zero-order chi connectivity index (χ0) is 13.1. The number of carbonyl (C=O) groups excluding carboxylic acids is 1. The van der Waals surface area contributed by atoms with Gasteiger partial charge >= 0.3 is 5.97 Å². The van der Waals surface area contributed by atoms with Gasteiger partial charge in [0.25, 0.3) is 0 Å². The van der Waals surface area contributed by atoms with Crippen LogP contribution in [0, 0.1) is 0 Å². The molecule has 5 nitrogen and oxygen atoms in total. The highest BCUT2D eigenvalue weighted by molar-refractivity contribution is 5.80. The van der Waals surface area contributed by atoms with E-state index >= 15 is 0 Å². The van der Waals surface area contributed by atoms with Gasteiger partial charge in [0.15, 0.2) is 11.5 Å². The molecule has 0 bridgehead atoms. The molecule has 3 N–H and O–H groups in total. The summed E-state index contributed by atoms with van der Waals surface area (Å²) in [5.41, 5.74) is 5.46. The van der Waals surface area contributed by atoms with E-state index in [0.29, 0.717) is 5.75 Å². The first kappa shape index (κ1) is 13.3. The molecular formula is C12H17NO4. The van der Waals surface area contributed by atoms with Crippen molar-refractivity contribution in [3.8, 4) is 11.5 Å². The Balaban J connectivity index is 2.89. The average Bonchev–Trinajstić information content (AvgIpc) is 2.27. The van der Waals surface area contributed by atoms with Crippen LogP contribution in [0.2, 0.25) is 0 Å². The summed E-state index contributed by atoms with van der Waals surface area (Å²) < 4.78 is 9.54. The summed E-state index contributed by atoms with van der Waals surface area (Å²) in [5.74, 6) is -0.0935. The predicted molar refractivity (Wildman–Crippen MR) is 63.0 cm³/mol. The molecule has 0 saturated carbocycles. The van der Waals surface area contributed by atoms with Crippen molar-refractivity contribution >= 4 is 5.97 Å². The van der Waals surface area contributed by atoms with E-state index in [1.165, 1.54) is 20.3 Å². The minimum atomic E-state index is -1.12. The van der Waals surface area contributed by atoms with Crippen molar-refractivity contribution in [3.63, 3.8) is 0 Å². The minimum absolute atomic E-state index is 0.0191. The SMILES string of the molecule is COC(=O)C(C)(N)Cc1ccc(OC)c(O)c1. The molecule has 0 aliphatic rings. The van der Waals surface area contributed by atoms with Crippen molar-refractivity contribution in [1.29, 1.82) is 0 Å². The van der Waals surface area contributed by atoms with Gasteiger partial charge in [0.1, 0.15) is 5.54 Å². The van der Waals surface area contributed by atoms with Gasteiger partial charge in [-0.25, -0.2) is 0 Å². The monoisotopic (exact) mass is 239 g/mol. The lowest BCUT2D eigenvalue weighted by Crippen LogP contribution is -2.47. The topological polar surface area (TPSA) is 81.8 Å². The molecule has 0 heterocycles. The van der Waals surface area contributed by atoms with E-state index in [-0.39, 0.29) is 12.2 Å². The molecule has 94 valence electrons. The summed E-state index contributed by atoms with van der Waals surface area (Å²) in [5, 5.41) is 9.60. The Morgan fingerprint density at radius 1 is 1.47 bits per heavy atom. The fourth-order valence-electron chi connectivity index (χ4n) is 1.57. The van der Waals surface area contributed by atoms with E-state index in [0.717, 1.165) is 5.56 Å². The van der Waals surface area contributed by atoms with Gasteiger partial charge in [0, 0.05) is 6.42 Å². The van der Waals surface area contributed by atoms with Crippen LogP contribution in [-0.4, -0.2) is 30.8 Å². The van der Waals surface area contributed by atoms with Gasteiger partial charge in [-0.05, 0) is 24.6 Å². The van der Waals surface area contributed by atoms with E-state index in [1.807, 2.05) is 0 Å². The van der Waals surface area contributed by atoms with Crippen LogP contribution in [0.25, 0.3) is 0 Å². The first-order chi connectivity index (χ1) is 7.90. The Labute approximate surface area is 100 Å². The molecule has 17 heavy (non-hydrogen) atoms. The number of esters is 1. The lowest BCUT2D eigenvalue weighted by molar-refractivity contribution is -0.146. The number of phenolic OH excluding ortho intramolecular Hbond substituents is 1. The Hall–Kier alpha value is -1.75. The van der Waals surface area contributed by atoms with Crippen molar-refractivity contribution < 1.29 is 19.4 Å². The molecule has 1 unspecified atom stereocenters. The number of nitrogens with two attached hydrogens (primary N) is 1. The van der Waals surface area contributed by atoms with Gasteiger partial charge in [-0.15, -0.1) is 0 Å². The minimum Gasteiger partial charge on any atom is -0.504 e. The lowest BCUT2D eigenvalue weighted by Gasteiger charge is -2.21. The maximum absolute atomic E-state index is 11.4. The molecule has 0 aliphatic heterocycles. The van der Waals surface area contributed by atoms with Crippen LogP contribution in [0.4, 0.5) is 0 Å². The van der Waals surface area contributed by atoms with Crippen LogP contribution in [0.3, 0.4) is 0 Å². The number of phenols is 1. The summed E-state index contributed by atoms with van der Waals surface area (Å²) >= 11 is 0. The Bertz CT molecular complexity index is 415. The second-order valence-electron chi connectivity index (χ2n) is 4.09. The van der Waals surface area contributed by atoms with Crippen LogP contribution in [0.1, 0.15) is 12.5 Å². The van der Waals surface area contributed by atoms with Crippen molar-refractivity contribution in [2.75, 3.05) is 14.2 Å².